The van der Waals surface area contributed by atoms with Gasteiger partial charge in [0, 0.05) is 38.1 Å². The summed E-state index contributed by atoms with van der Waals surface area (Å²) in [5.74, 6) is -0.0172. The molecule has 1 fully saturated rings. The van der Waals surface area contributed by atoms with Crippen molar-refractivity contribution in [1.82, 2.24) is 14.9 Å². The van der Waals surface area contributed by atoms with Crippen molar-refractivity contribution in [3.63, 3.8) is 0 Å². The number of benzene rings is 1. The molecule has 3 rings (SSSR count). The Hall–Kier alpha value is -2.68. The molecule has 9 heteroatoms. The third kappa shape index (κ3) is 4.73. The molecule has 1 saturated heterocycles. The van der Waals surface area contributed by atoms with Crippen LogP contribution in [0, 0.1) is 0 Å². The van der Waals surface area contributed by atoms with E-state index in [2.05, 4.69) is 27.1 Å². The van der Waals surface area contributed by atoms with Crippen LogP contribution in [-0.2, 0) is 6.18 Å². The van der Waals surface area contributed by atoms with Crippen LogP contribution in [0.4, 0.5) is 24.8 Å². The Morgan fingerprint density at radius 2 is 1.78 bits per heavy atom. The number of nitrogens with zero attached hydrogens (tertiary/aromatic N) is 4. The maximum absolute atomic E-state index is 12.6. The Labute approximate surface area is 155 Å². The van der Waals surface area contributed by atoms with Crippen molar-refractivity contribution in [1.29, 1.82) is 0 Å². The number of carbonyl (C=O) groups is 1. The van der Waals surface area contributed by atoms with Gasteiger partial charge in [-0.15, -0.1) is 0 Å². The molecule has 2 heterocycles. The molecular weight excluding hydrogens is 359 g/mol. The summed E-state index contributed by atoms with van der Waals surface area (Å²) in [5.41, 5.74) is -0.335. The van der Waals surface area contributed by atoms with Crippen molar-refractivity contribution < 1.29 is 18.0 Å². The second kappa shape index (κ2) is 7.91. The Morgan fingerprint density at radius 3 is 2.37 bits per heavy atom. The number of rotatable bonds is 4. The first-order valence-electron chi connectivity index (χ1n) is 8.66. The van der Waals surface area contributed by atoms with Crippen molar-refractivity contribution >= 4 is 17.5 Å². The number of hydrogen-bond donors (Lipinski definition) is 1. The summed E-state index contributed by atoms with van der Waals surface area (Å²) in [6.45, 7) is 6.46. The summed E-state index contributed by atoms with van der Waals surface area (Å²) >= 11 is 0. The lowest BCUT2D eigenvalue weighted by Gasteiger charge is -2.34. The van der Waals surface area contributed by atoms with E-state index in [9.17, 15) is 18.0 Å². The second-order valence-electron chi connectivity index (χ2n) is 6.19. The van der Waals surface area contributed by atoms with Crippen molar-refractivity contribution in [3.05, 3.63) is 47.8 Å². The van der Waals surface area contributed by atoms with Crippen LogP contribution in [0.2, 0.25) is 0 Å². The highest BCUT2D eigenvalue weighted by atomic mass is 19.4. The van der Waals surface area contributed by atoms with E-state index in [4.69, 9.17) is 0 Å². The van der Waals surface area contributed by atoms with Gasteiger partial charge in [-0.1, -0.05) is 6.92 Å². The van der Waals surface area contributed by atoms with Crippen LogP contribution in [0.15, 0.2) is 36.5 Å². The molecular formula is C18H20F3N5O. The summed E-state index contributed by atoms with van der Waals surface area (Å²) in [4.78, 5) is 25.2. The zero-order valence-electron chi connectivity index (χ0n) is 14.8. The number of anilines is 2. The normalized spacial score (nSPS) is 15.6. The molecule has 6 nitrogen and oxygen atoms in total. The monoisotopic (exact) mass is 379 g/mol. The number of alkyl halides is 3. The zero-order chi connectivity index (χ0) is 19.4. The maximum atomic E-state index is 12.6. The third-order valence-electron chi connectivity index (χ3n) is 4.45. The number of likely N-dealkylation sites (N-methyl/N-ethyl adjacent to an activating group) is 1. The van der Waals surface area contributed by atoms with Gasteiger partial charge >= 0.3 is 6.18 Å². The molecule has 0 unspecified atom stereocenters. The highest BCUT2D eigenvalue weighted by Gasteiger charge is 2.30. The first kappa shape index (κ1) is 19.1. The average Bonchev–Trinajstić information content (AvgIpc) is 2.68. The van der Waals surface area contributed by atoms with Gasteiger partial charge in [0.15, 0.2) is 0 Å². The van der Waals surface area contributed by atoms with Crippen molar-refractivity contribution in [2.75, 3.05) is 42.9 Å². The Kier molecular flexibility index (Phi) is 5.59. The molecule has 1 aromatic heterocycles. The van der Waals surface area contributed by atoms with Crippen LogP contribution in [0.25, 0.3) is 0 Å². The SMILES string of the molecule is CCN1CCN(c2nccc(C(=O)Nc3ccc(C(F)(F)F)cc3)n2)CC1. The topological polar surface area (TPSA) is 61.4 Å². The van der Waals surface area contributed by atoms with Crippen LogP contribution < -0.4 is 10.2 Å². The molecule has 1 aliphatic rings. The van der Waals surface area contributed by atoms with Gasteiger partial charge in [-0.2, -0.15) is 13.2 Å². The highest BCUT2D eigenvalue weighted by molar-refractivity contribution is 6.02. The van der Waals surface area contributed by atoms with Crippen LogP contribution in [0.5, 0.6) is 0 Å². The average molecular weight is 379 g/mol. The molecule has 0 saturated carbocycles. The predicted molar refractivity (Wildman–Crippen MR) is 95.8 cm³/mol. The zero-order valence-corrected chi connectivity index (χ0v) is 14.8. The summed E-state index contributed by atoms with van der Waals surface area (Å²) in [6.07, 6.45) is -2.90. The summed E-state index contributed by atoms with van der Waals surface area (Å²) in [7, 11) is 0. The van der Waals surface area contributed by atoms with E-state index in [-0.39, 0.29) is 11.4 Å². The lowest BCUT2D eigenvalue weighted by molar-refractivity contribution is -0.137. The molecule has 0 spiro atoms. The van der Waals surface area contributed by atoms with Crippen LogP contribution in [0.3, 0.4) is 0 Å². The van der Waals surface area contributed by atoms with Gasteiger partial charge in [-0.05, 0) is 36.9 Å². The maximum Gasteiger partial charge on any atom is 0.416 e. The largest absolute Gasteiger partial charge is 0.416 e. The van der Waals surface area contributed by atoms with Crippen molar-refractivity contribution in [3.8, 4) is 0 Å². The fourth-order valence-electron chi connectivity index (χ4n) is 2.83. The van der Waals surface area contributed by atoms with Crippen molar-refractivity contribution in [2.45, 2.75) is 13.1 Å². The number of hydrogen-bond acceptors (Lipinski definition) is 5. The first-order valence-corrected chi connectivity index (χ1v) is 8.66. The van der Waals surface area contributed by atoms with E-state index in [0.29, 0.717) is 5.95 Å². The van der Waals surface area contributed by atoms with Gasteiger partial charge in [0.2, 0.25) is 5.95 Å². The number of piperazine rings is 1. The Balaban J connectivity index is 1.67. The smallest absolute Gasteiger partial charge is 0.338 e. The molecule has 0 atom stereocenters. The van der Waals surface area contributed by atoms with Gasteiger partial charge < -0.3 is 15.1 Å². The van der Waals surface area contributed by atoms with Gasteiger partial charge in [0.1, 0.15) is 5.69 Å². The van der Waals surface area contributed by atoms with E-state index in [1.54, 1.807) is 0 Å². The molecule has 1 aromatic carbocycles. The van der Waals surface area contributed by atoms with Gasteiger partial charge in [0.25, 0.3) is 5.91 Å². The van der Waals surface area contributed by atoms with E-state index >= 15 is 0 Å². The fourth-order valence-corrected chi connectivity index (χ4v) is 2.83. The molecule has 2 aromatic rings. The summed E-state index contributed by atoms with van der Waals surface area (Å²) in [6, 6.07) is 5.76. The minimum atomic E-state index is -4.41. The minimum absolute atomic E-state index is 0.165. The number of aromatic nitrogens is 2. The third-order valence-corrected chi connectivity index (χ3v) is 4.45. The molecule has 27 heavy (non-hydrogen) atoms. The van der Waals surface area contributed by atoms with Crippen molar-refractivity contribution in [2.24, 2.45) is 0 Å². The lowest BCUT2D eigenvalue weighted by Crippen LogP contribution is -2.46. The fraction of sp³-hybridized carbons (Fsp3) is 0.389. The number of nitrogens with one attached hydrogen (secondary N) is 1. The molecule has 1 amide bonds. The minimum Gasteiger partial charge on any atom is -0.338 e. The van der Waals surface area contributed by atoms with Crippen LogP contribution in [-0.4, -0.2) is 53.5 Å². The Morgan fingerprint density at radius 1 is 1.11 bits per heavy atom. The van der Waals surface area contributed by atoms with Gasteiger partial charge in [0.05, 0.1) is 5.56 Å². The molecule has 144 valence electrons. The molecule has 1 N–H and O–H groups in total. The van der Waals surface area contributed by atoms with Gasteiger partial charge in [-0.3, -0.25) is 4.79 Å². The molecule has 0 aliphatic carbocycles. The Bertz CT molecular complexity index is 786. The molecule has 1 aliphatic heterocycles. The van der Waals surface area contributed by atoms with E-state index in [1.807, 2.05) is 4.90 Å². The van der Waals surface area contributed by atoms with Crippen LogP contribution >= 0.6 is 0 Å². The molecule has 0 bridgehead atoms. The van der Waals surface area contributed by atoms with E-state index in [1.165, 1.54) is 24.4 Å². The van der Waals surface area contributed by atoms with Crippen LogP contribution in [0.1, 0.15) is 23.0 Å². The first-order chi connectivity index (χ1) is 12.9. The number of amides is 1. The van der Waals surface area contributed by atoms with E-state index in [0.717, 1.165) is 44.9 Å². The lowest BCUT2D eigenvalue weighted by atomic mass is 10.2. The standard InChI is InChI=1S/C18H20F3N5O/c1-2-25-9-11-26(12-10-25)17-22-8-7-15(24-17)16(27)23-14-5-3-13(4-6-14)18(19,20)21/h3-8H,2,9-12H2,1H3,(H,23,27). The second-order valence-corrected chi connectivity index (χ2v) is 6.19. The summed E-state index contributed by atoms with van der Waals surface area (Å²) < 4.78 is 37.8. The summed E-state index contributed by atoms with van der Waals surface area (Å²) in [5, 5.41) is 2.56. The number of carbonyl (C=O) groups excluding carboxylic acids is 1. The van der Waals surface area contributed by atoms with Gasteiger partial charge in [-0.25, -0.2) is 9.97 Å². The van der Waals surface area contributed by atoms with E-state index < -0.39 is 17.6 Å². The quantitative estimate of drug-likeness (QED) is 0.885. The predicted octanol–water partition coefficient (Wildman–Crippen LogP) is 2.89. The number of halogens is 3. The highest BCUT2D eigenvalue weighted by Crippen LogP contribution is 2.29. The molecule has 0 radical (unpaired) electrons.